The van der Waals surface area contributed by atoms with Crippen LogP contribution in [0.5, 0.6) is 17.2 Å². The van der Waals surface area contributed by atoms with E-state index in [2.05, 4.69) is 0 Å². The lowest BCUT2D eigenvalue weighted by Crippen LogP contribution is -2.25. The molecule has 4 nitrogen and oxygen atoms in total. The van der Waals surface area contributed by atoms with Gasteiger partial charge >= 0.3 is 0 Å². The first kappa shape index (κ1) is 14.0. The third-order valence-electron chi connectivity index (χ3n) is 3.84. The fourth-order valence-electron chi connectivity index (χ4n) is 2.70. The zero-order chi connectivity index (χ0) is 13.7. The van der Waals surface area contributed by atoms with Crippen LogP contribution in [0.3, 0.4) is 0 Å². The quantitative estimate of drug-likeness (QED) is 0.859. The van der Waals surface area contributed by atoms with Crippen molar-refractivity contribution >= 4 is 0 Å². The molecule has 1 aromatic rings. The van der Waals surface area contributed by atoms with E-state index in [0.29, 0.717) is 35.8 Å². The van der Waals surface area contributed by atoms with E-state index >= 15 is 0 Å². The molecule has 106 valence electrons. The second-order valence-corrected chi connectivity index (χ2v) is 4.98. The Morgan fingerprint density at radius 1 is 1.16 bits per heavy atom. The van der Waals surface area contributed by atoms with Crippen molar-refractivity contribution < 1.29 is 14.2 Å². The molecule has 0 bridgehead atoms. The third-order valence-corrected chi connectivity index (χ3v) is 3.84. The lowest BCUT2D eigenvalue weighted by molar-refractivity contribution is 0.246. The number of methoxy groups -OCH3 is 2. The van der Waals surface area contributed by atoms with Crippen LogP contribution in [0.2, 0.25) is 0 Å². The van der Waals surface area contributed by atoms with Crippen molar-refractivity contribution in [2.45, 2.75) is 31.7 Å². The van der Waals surface area contributed by atoms with Gasteiger partial charge in [0.05, 0.1) is 20.8 Å². The SMILES string of the molecule is COc1cccc(OC)c1OCCC1CCCC1N. The van der Waals surface area contributed by atoms with Gasteiger partial charge in [-0.2, -0.15) is 0 Å². The Kier molecular flexibility index (Phi) is 4.91. The first-order valence-corrected chi connectivity index (χ1v) is 6.85. The highest BCUT2D eigenvalue weighted by molar-refractivity contribution is 5.51. The Morgan fingerprint density at radius 3 is 2.37 bits per heavy atom. The van der Waals surface area contributed by atoms with Gasteiger partial charge in [0.25, 0.3) is 0 Å². The standard InChI is InChI=1S/C15H23NO3/c1-17-13-7-4-8-14(18-2)15(13)19-10-9-11-5-3-6-12(11)16/h4,7-8,11-12H,3,5-6,9-10,16H2,1-2H3. The lowest BCUT2D eigenvalue weighted by atomic mass is 10.0. The average Bonchev–Trinajstić information content (AvgIpc) is 2.84. The first-order chi connectivity index (χ1) is 9.26. The molecule has 2 atom stereocenters. The predicted octanol–water partition coefficient (Wildman–Crippen LogP) is 2.60. The summed E-state index contributed by atoms with van der Waals surface area (Å²) in [6.45, 7) is 0.648. The van der Waals surface area contributed by atoms with E-state index in [1.54, 1.807) is 14.2 Å². The van der Waals surface area contributed by atoms with Crippen molar-refractivity contribution in [1.29, 1.82) is 0 Å². The molecule has 1 fully saturated rings. The largest absolute Gasteiger partial charge is 0.493 e. The molecule has 0 saturated heterocycles. The minimum Gasteiger partial charge on any atom is -0.493 e. The van der Waals surface area contributed by atoms with Gasteiger partial charge in [-0.1, -0.05) is 12.5 Å². The molecular formula is C15H23NO3. The highest BCUT2D eigenvalue weighted by atomic mass is 16.5. The van der Waals surface area contributed by atoms with E-state index in [4.69, 9.17) is 19.9 Å². The lowest BCUT2D eigenvalue weighted by Gasteiger charge is -2.17. The van der Waals surface area contributed by atoms with E-state index in [1.807, 2.05) is 18.2 Å². The van der Waals surface area contributed by atoms with Crippen molar-refractivity contribution in [3.63, 3.8) is 0 Å². The summed E-state index contributed by atoms with van der Waals surface area (Å²) in [5.41, 5.74) is 6.07. The van der Waals surface area contributed by atoms with Gasteiger partial charge < -0.3 is 19.9 Å². The van der Waals surface area contributed by atoms with E-state index < -0.39 is 0 Å². The second-order valence-electron chi connectivity index (χ2n) is 4.98. The fraction of sp³-hybridized carbons (Fsp3) is 0.600. The van der Waals surface area contributed by atoms with Crippen molar-refractivity contribution in [2.24, 2.45) is 11.7 Å². The molecular weight excluding hydrogens is 242 g/mol. The minimum absolute atomic E-state index is 0.336. The molecule has 1 aliphatic carbocycles. The van der Waals surface area contributed by atoms with Gasteiger partial charge in [0.1, 0.15) is 0 Å². The molecule has 0 spiro atoms. The molecule has 1 saturated carbocycles. The van der Waals surface area contributed by atoms with Crippen LogP contribution in [0.1, 0.15) is 25.7 Å². The highest BCUT2D eigenvalue weighted by Crippen LogP contribution is 2.37. The Bertz CT molecular complexity index is 386. The van der Waals surface area contributed by atoms with Gasteiger partial charge in [0, 0.05) is 6.04 Å². The number of rotatable bonds is 6. The van der Waals surface area contributed by atoms with Crippen LogP contribution < -0.4 is 19.9 Å². The maximum Gasteiger partial charge on any atom is 0.203 e. The van der Waals surface area contributed by atoms with Crippen LogP contribution in [0.15, 0.2) is 18.2 Å². The molecule has 1 aromatic carbocycles. The van der Waals surface area contributed by atoms with Crippen LogP contribution >= 0.6 is 0 Å². The Balaban J connectivity index is 1.94. The summed E-state index contributed by atoms with van der Waals surface area (Å²) in [4.78, 5) is 0. The Morgan fingerprint density at radius 2 is 1.84 bits per heavy atom. The van der Waals surface area contributed by atoms with E-state index in [0.717, 1.165) is 12.8 Å². The summed E-state index contributed by atoms with van der Waals surface area (Å²) in [5, 5.41) is 0. The topological polar surface area (TPSA) is 53.7 Å². The monoisotopic (exact) mass is 265 g/mol. The zero-order valence-corrected chi connectivity index (χ0v) is 11.7. The number of benzene rings is 1. The molecule has 2 unspecified atom stereocenters. The van der Waals surface area contributed by atoms with Gasteiger partial charge in [-0.25, -0.2) is 0 Å². The number of hydrogen-bond donors (Lipinski definition) is 1. The molecule has 0 aromatic heterocycles. The summed E-state index contributed by atoms with van der Waals surface area (Å²) in [5.74, 6) is 2.67. The van der Waals surface area contributed by atoms with Gasteiger partial charge in [-0.3, -0.25) is 0 Å². The van der Waals surface area contributed by atoms with Crippen molar-refractivity contribution in [3.8, 4) is 17.2 Å². The first-order valence-electron chi connectivity index (χ1n) is 6.85. The molecule has 0 heterocycles. The number of ether oxygens (including phenoxy) is 3. The normalized spacial score (nSPS) is 22.3. The average molecular weight is 265 g/mol. The van der Waals surface area contributed by atoms with Crippen molar-refractivity contribution in [1.82, 2.24) is 0 Å². The summed E-state index contributed by atoms with van der Waals surface area (Å²) >= 11 is 0. The fourth-order valence-corrected chi connectivity index (χ4v) is 2.70. The number of hydrogen-bond acceptors (Lipinski definition) is 4. The smallest absolute Gasteiger partial charge is 0.203 e. The summed E-state index contributed by atoms with van der Waals surface area (Å²) in [6.07, 6.45) is 4.59. The zero-order valence-electron chi connectivity index (χ0n) is 11.7. The van der Waals surface area contributed by atoms with Gasteiger partial charge in [0.2, 0.25) is 5.75 Å². The van der Waals surface area contributed by atoms with Gasteiger partial charge in [0.15, 0.2) is 11.5 Å². The number of nitrogens with two attached hydrogens (primary N) is 1. The van der Waals surface area contributed by atoms with Gasteiger partial charge in [-0.05, 0) is 37.3 Å². The van der Waals surface area contributed by atoms with E-state index in [9.17, 15) is 0 Å². The molecule has 19 heavy (non-hydrogen) atoms. The highest BCUT2D eigenvalue weighted by Gasteiger charge is 2.23. The van der Waals surface area contributed by atoms with Crippen LogP contribution in [0.25, 0.3) is 0 Å². The molecule has 0 aliphatic heterocycles. The van der Waals surface area contributed by atoms with E-state index in [1.165, 1.54) is 12.8 Å². The van der Waals surface area contributed by atoms with Crippen molar-refractivity contribution in [3.05, 3.63) is 18.2 Å². The van der Waals surface area contributed by atoms with Crippen LogP contribution in [0, 0.1) is 5.92 Å². The molecule has 2 N–H and O–H groups in total. The summed E-state index contributed by atoms with van der Waals surface area (Å²) < 4.78 is 16.5. The van der Waals surface area contributed by atoms with Crippen LogP contribution in [-0.4, -0.2) is 26.9 Å². The molecule has 0 radical (unpaired) electrons. The van der Waals surface area contributed by atoms with Crippen LogP contribution in [-0.2, 0) is 0 Å². The molecule has 1 aliphatic rings. The van der Waals surface area contributed by atoms with Crippen LogP contribution in [0.4, 0.5) is 0 Å². The maximum atomic E-state index is 6.07. The Labute approximate surface area is 114 Å². The minimum atomic E-state index is 0.336. The van der Waals surface area contributed by atoms with Crippen molar-refractivity contribution in [2.75, 3.05) is 20.8 Å². The second kappa shape index (κ2) is 6.66. The predicted molar refractivity (Wildman–Crippen MR) is 75.0 cm³/mol. The number of para-hydroxylation sites is 1. The molecule has 0 amide bonds. The molecule has 2 rings (SSSR count). The van der Waals surface area contributed by atoms with Gasteiger partial charge in [-0.15, -0.1) is 0 Å². The summed E-state index contributed by atoms with van der Waals surface area (Å²) in [7, 11) is 3.27. The summed E-state index contributed by atoms with van der Waals surface area (Å²) in [6, 6.07) is 5.97. The maximum absolute atomic E-state index is 6.07. The Hall–Kier alpha value is -1.42. The van der Waals surface area contributed by atoms with E-state index in [-0.39, 0.29) is 0 Å². The molecule has 4 heteroatoms. The third kappa shape index (κ3) is 3.32.